The molecule has 13 nitrogen and oxygen atoms in total. The SMILES string of the molecule is N#Cc1ccc(C(NS(=O)(=O)c2cc3c(Cl)c(OCC[NH3+])c(OCC[NH3+])c(Cl)c3s2)P(=O)([O-])O)cc1C(F)(F)F.O=C([O-])C(F)(F)F. The number of nitrogens with zero attached hydrogens (tertiary/aromatic N) is 1. The number of hydrogen-bond acceptors (Lipinski definition) is 10. The van der Waals surface area contributed by atoms with Crippen molar-refractivity contribution in [1.29, 1.82) is 5.26 Å². The van der Waals surface area contributed by atoms with E-state index in [9.17, 15) is 49.1 Å². The Hall–Kier alpha value is -2.90. The molecule has 0 bridgehead atoms. The predicted molar refractivity (Wildman–Crippen MR) is 148 cm³/mol. The molecule has 2 atom stereocenters. The van der Waals surface area contributed by atoms with Crippen LogP contribution in [-0.4, -0.2) is 51.8 Å². The lowest BCUT2D eigenvalue weighted by Crippen LogP contribution is -2.53. The smallest absolute Gasteiger partial charge is 0.430 e. The number of halogens is 8. The lowest BCUT2D eigenvalue weighted by Gasteiger charge is -2.28. The Morgan fingerprint density at radius 1 is 1.09 bits per heavy atom. The second-order valence-corrected chi connectivity index (χ2v) is 14.2. The number of aliphatic carboxylic acids is 1. The fraction of sp³-hybridized carbons (Fsp3) is 0.304. The van der Waals surface area contributed by atoms with Gasteiger partial charge in [-0.15, -0.1) is 11.3 Å². The van der Waals surface area contributed by atoms with Crippen LogP contribution in [0.4, 0.5) is 26.3 Å². The topological polar surface area (TPSA) is 244 Å². The molecule has 0 spiro atoms. The van der Waals surface area contributed by atoms with E-state index in [0.717, 1.165) is 12.1 Å². The number of nitrogens with one attached hydrogen (secondary N) is 1. The lowest BCUT2D eigenvalue weighted by molar-refractivity contribution is -0.372. The Bertz CT molecular complexity index is 1780. The fourth-order valence-electron chi connectivity index (χ4n) is 3.45. The molecule has 1 aromatic heterocycles. The van der Waals surface area contributed by atoms with Crippen LogP contribution in [0, 0.1) is 11.3 Å². The van der Waals surface area contributed by atoms with Gasteiger partial charge in [-0.3, -0.25) is 0 Å². The summed E-state index contributed by atoms with van der Waals surface area (Å²) >= 11 is 13.5. The van der Waals surface area contributed by atoms with E-state index >= 15 is 0 Å². The third-order valence-corrected chi connectivity index (χ3v) is 10.6. The zero-order chi connectivity index (χ0) is 36.1. The third-order valence-electron chi connectivity index (χ3n) is 5.41. The predicted octanol–water partition coefficient (Wildman–Crippen LogP) is 1.16. The van der Waals surface area contributed by atoms with Gasteiger partial charge in [0.1, 0.15) is 47.3 Å². The Morgan fingerprint density at radius 2 is 1.60 bits per heavy atom. The van der Waals surface area contributed by atoms with Crippen LogP contribution in [0.5, 0.6) is 11.5 Å². The van der Waals surface area contributed by atoms with Gasteiger partial charge in [0.2, 0.25) is 0 Å². The zero-order valence-corrected chi connectivity index (χ0v) is 27.1. The van der Waals surface area contributed by atoms with Crippen molar-refractivity contribution in [2.45, 2.75) is 22.3 Å². The quantitative estimate of drug-likeness (QED) is 0.160. The van der Waals surface area contributed by atoms with Gasteiger partial charge >= 0.3 is 12.4 Å². The van der Waals surface area contributed by atoms with Crippen molar-refractivity contribution in [2.75, 3.05) is 26.3 Å². The van der Waals surface area contributed by atoms with E-state index in [1.807, 2.05) is 0 Å². The Morgan fingerprint density at radius 3 is 2.02 bits per heavy atom. The molecule has 0 aliphatic heterocycles. The highest BCUT2D eigenvalue weighted by Gasteiger charge is 2.37. The van der Waals surface area contributed by atoms with E-state index in [-0.39, 0.29) is 50.9 Å². The largest absolute Gasteiger partial charge is 0.777 e. The number of benzene rings is 2. The molecular weight excluding hydrogens is 756 g/mol. The molecule has 2 unspecified atom stereocenters. The average molecular weight is 777 g/mol. The van der Waals surface area contributed by atoms with Gasteiger partial charge in [-0.05, 0) is 23.8 Å². The minimum absolute atomic E-state index is 0.0144. The second kappa shape index (κ2) is 15.5. The number of nitriles is 1. The highest BCUT2D eigenvalue weighted by Crippen LogP contribution is 2.52. The van der Waals surface area contributed by atoms with E-state index in [4.69, 9.17) is 47.8 Å². The molecule has 0 fully saturated rings. The van der Waals surface area contributed by atoms with Gasteiger partial charge in [-0.1, -0.05) is 29.3 Å². The van der Waals surface area contributed by atoms with Gasteiger partial charge in [0.25, 0.3) is 10.0 Å². The molecule has 24 heteroatoms. The first kappa shape index (κ1) is 40.3. The first-order chi connectivity index (χ1) is 21.5. The van der Waals surface area contributed by atoms with E-state index in [1.165, 1.54) is 6.07 Å². The molecule has 47 heavy (non-hydrogen) atoms. The molecular formula is C23H21Cl2F6N4O9PS2. The number of ether oxygens (including phenoxy) is 2. The van der Waals surface area contributed by atoms with Gasteiger partial charge in [0.05, 0.1) is 26.9 Å². The monoisotopic (exact) mass is 776 g/mol. The number of alkyl halides is 6. The molecule has 260 valence electrons. The maximum absolute atomic E-state index is 13.4. The number of carboxylic acid groups (broad SMARTS) is 1. The summed E-state index contributed by atoms with van der Waals surface area (Å²) in [6.07, 6.45) is -10.3. The Labute approximate surface area is 274 Å². The fourth-order valence-corrected chi connectivity index (χ4v) is 8.12. The normalized spacial score (nSPS) is 14.0. The van der Waals surface area contributed by atoms with Crippen LogP contribution in [0.15, 0.2) is 28.5 Å². The summed E-state index contributed by atoms with van der Waals surface area (Å²) in [5.41, 5.74) is 4.19. The molecule has 1 heterocycles. The van der Waals surface area contributed by atoms with Crippen LogP contribution in [0.2, 0.25) is 10.0 Å². The number of fused-ring (bicyclic) bond motifs is 1. The summed E-state index contributed by atoms with van der Waals surface area (Å²) in [5, 5.41) is 17.7. The number of quaternary nitrogens is 2. The maximum atomic E-state index is 13.4. The molecule has 0 saturated heterocycles. The average Bonchev–Trinajstić information content (AvgIpc) is 3.42. The Kier molecular flexibility index (Phi) is 13.3. The van der Waals surface area contributed by atoms with Crippen LogP contribution in [0.1, 0.15) is 22.5 Å². The number of hydrogen-bond donors (Lipinski definition) is 4. The highest BCUT2D eigenvalue weighted by atomic mass is 35.5. The first-order valence-electron chi connectivity index (χ1n) is 12.2. The molecule has 8 N–H and O–H groups in total. The van der Waals surface area contributed by atoms with Crippen molar-refractivity contribution in [1.82, 2.24) is 4.72 Å². The van der Waals surface area contributed by atoms with Crippen molar-refractivity contribution in [3.05, 3.63) is 51.0 Å². The summed E-state index contributed by atoms with van der Waals surface area (Å²) < 4.78 is 123. The van der Waals surface area contributed by atoms with Gasteiger partial charge in [-0.2, -0.15) is 36.3 Å². The van der Waals surface area contributed by atoms with Crippen molar-refractivity contribution in [3.63, 3.8) is 0 Å². The molecule has 3 rings (SSSR count). The lowest BCUT2D eigenvalue weighted by atomic mass is 10.0. The molecule has 0 amide bonds. The third kappa shape index (κ3) is 10.1. The van der Waals surface area contributed by atoms with E-state index < -0.39 is 62.6 Å². The van der Waals surface area contributed by atoms with Crippen LogP contribution < -0.4 is 35.7 Å². The summed E-state index contributed by atoms with van der Waals surface area (Å²) in [7, 11) is -10.5. The van der Waals surface area contributed by atoms with E-state index in [2.05, 4.69) is 11.5 Å². The molecule has 0 aliphatic carbocycles. The minimum atomic E-state index is -5.69. The summed E-state index contributed by atoms with van der Waals surface area (Å²) in [4.78, 5) is 30.7. The number of carbonyl (C=O) groups excluding carboxylic acids is 1. The molecule has 0 aliphatic rings. The van der Waals surface area contributed by atoms with Crippen molar-refractivity contribution in [2.24, 2.45) is 0 Å². The number of thiophene rings is 1. The zero-order valence-electron chi connectivity index (χ0n) is 23.1. The van der Waals surface area contributed by atoms with Crippen molar-refractivity contribution >= 4 is 68.2 Å². The summed E-state index contributed by atoms with van der Waals surface area (Å²) in [5.74, 6) is -5.51. The minimum Gasteiger partial charge on any atom is -0.777 e. The number of carboxylic acids is 1. The molecule has 0 saturated carbocycles. The van der Waals surface area contributed by atoms with Gasteiger partial charge in [-0.25, -0.2) is 8.42 Å². The molecule has 0 radical (unpaired) electrons. The molecule has 3 aromatic rings. The number of sulfonamides is 1. The van der Waals surface area contributed by atoms with E-state index in [0.29, 0.717) is 30.5 Å². The van der Waals surface area contributed by atoms with Crippen LogP contribution in [0.25, 0.3) is 10.1 Å². The number of rotatable bonds is 11. The van der Waals surface area contributed by atoms with Crippen molar-refractivity contribution < 1.29 is 80.0 Å². The van der Waals surface area contributed by atoms with Gasteiger partial charge in [0, 0.05) is 5.39 Å². The second-order valence-electron chi connectivity index (χ2n) is 8.79. The number of carbonyl (C=O) groups is 1. The highest BCUT2D eigenvalue weighted by molar-refractivity contribution is 7.92. The van der Waals surface area contributed by atoms with Gasteiger partial charge in [0.15, 0.2) is 19.1 Å². The van der Waals surface area contributed by atoms with Gasteiger partial charge < -0.3 is 45.2 Å². The maximum Gasteiger partial charge on any atom is 0.430 e. The van der Waals surface area contributed by atoms with Crippen LogP contribution >= 0.6 is 42.1 Å². The van der Waals surface area contributed by atoms with Crippen LogP contribution in [0.3, 0.4) is 0 Å². The standard InChI is InChI=1S/C21H20Cl2F3N4O7PS2.C2HF3O2/c22-15-12-8-14(39-19(12)16(23)18(37-6-4-28)17(15)36-5-3-27)40(34,35)30-20(38(31,32)33)10-1-2-11(9-29)13(7-10)21(24,25)26;3-2(4,5)1(6)7/h1-2,7-8,20,30H,3-6,27-28H2,(H2,31,32,33);(H,6,7). The first-order valence-corrected chi connectivity index (χ1v) is 16.9. The summed E-state index contributed by atoms with van der Waals surface area (Å²) in [6.45, 7) is 0.914. The van der Waals surface area contributed by atoms with Crippen LogP contribution in [-0.2, 0) is 25.6 Å². The summed E-state index contributed by atoms with van der Waals surface area (Å²) in [6, 6.07) is 4.09. The van der Waals surface area contributed by atoms with E-state index in [1.54, 1.807) is 4.72 Å². The molecule has 2 aromatic carbocycles. The van der Waals surface area contributed by atoms with Crippen molar-refractivity contribution in [3.8, 4) is 17.6 Å². The Balaban J connectivity index is 0.000000984.